The maximum Gasteiger partial charge on any atom is 0.0406 e. The summed E-state index contributed by atoms with van der Waals surface area (Å²) in [5.74, 6) is 0. The van der Waals surface area contributed by atoms with Crippen LogP contribution in [0.5, 0.6) is 0 Å². The second-order valence-electron chi connectivity index (χ2n) is 5.25. The van der Waals surface area contributed by atoms with E-state index >= 15 is 0 Å². The smallest absolute Gasteiger partial charge is 0.0406 e. The van der Waals surface area contributed by atoms with Crippen molar-refractivity contribution < 1.29 is 0 Å². The highest BCUT2D eigenvalue weighted by Crippen LogP contribution is 2.35. The first-order valence-electron chi connectivity index (χ1n) is 6.83. The molecular formula is C15H23ClN2. The Bertz CT molecular complexity index is 367. The average Bonchev–Trinajstić information content (AvgIpc) is 2.40. The molecule has 1 saturated heterocycles. The van der Waals surface area contributed by atoms with Crippen LogP contribution in [-0.4, -0.2) is 38.1 Å². The van der Waals surface area contributed by atoms with E-state index in [-0.39, 0.29) is 5.41 Å². The standard InChI is InChI=1S/C15H23ClN2/c1-3-18-10-8-15(9-11-18,12-17-2)13-4-6-14(16)7-5-13/h4-7,17H,3,8-12H2,1-2H3. The third-order valence-corrected chi connectivity index (χ3v) is 4.48. The molecule has 1 heterocycles. The summed E-state index contributed by atoms with van der Waals surface area (Å²) in [5, 5.41) is 4.20. The zero-order valence-electron chi connectivity index (χ0n) is 11.4. The summed E-state index contributed by atoms with van der Waals surface area (Å²) in [6, 6.07) is 8.42. The molecule has 2 rings (SSSR count). The van der Waals surface area contributed by atoms with E-state index in [0.717, 1.165) is 18.1 Å². The molecule has 1 aromatic rings. The van der Waals surface area contributed by atoms with Gasteiger partial charge in [-0.3, -0.25) is 0 Å². The molecule has 3 heteroatoms. The Hall–Kier alpha value is -0.570. The van der Waals surface area contributed by atoms with Crippen LogP contribution >= 0.6 is 11.6 Å². The number of hydrogen-bond donors (Lipinski definition) is 1. The summed E-state index contributed by atoms with van der Waals surface area (Å²) in [4.78, 5) is 2.53. The Morgan fingerprint density at radius 2 is 1.83 bits per heavy atom. The molecule has 1 aliphatic rings. The van der Waals surface area contributed by atoms with E-state index in [1.165, 1.54) is 31.5 Å². The number of likely N-dealkylation sites (tertiary alicyclic amines) is 1. The molecule has 18 heavy (non-hydrogen) atoms. The molecular weight excluding hydrogens is 244 g/mol. The lowest BCUT2D eigenvalue weighted by Gasteiger charge is -2.42. The number of rotatable bonds is 4. The number of halogens is 1. The van der Waals surface area contributed by atoms with Crippen LogP contribution in [0.1, 0.15) is 25.3 Å². The van der Waals surface area contributed by atoms with Crippen molar-refractivity contribution >= 4 is 11.6 Å². The van der Waals surface area contributed by atoms with Gasteiger partial charge in [0.1, 0.15) is 0 Å². The Morgan fingerprint density at radius 1 is 1.22 bits per heavy atom. The first-order valence-corrected chi connectivity index (χ1v) is 7.21. The summed E-state index contributed by atoms with van der Waals surface area (Å²) >= 11 is 5.99. The first kappa shape index (κ1) is 13.9. The van der Waals surface area contributed by atoms with E-state index in [0.29, 0.717) is 0 Å². The number of benzene rings is 1. The maximum atomic E-state index is 5.99. The summed E-state index contributed by atoms with van der Waals surface area (Å²) in [6.45, 7) is 6.84. The largest absolute Gasteiger partial charge is 0.319 e. The van der Waals surface area contributed by atoms with Gasteiger partial charge in [0.15, 0.2) is 0 Å². The predicted molar refractivity (Wildman–Crippen MR) is 78.4 cm³/mol. The molecule has 0 atom stereocenters. The third-order valence-electron chi connectivity index (χ3n) is 4.23. The van der Waals surface area contributed by atoms with E-state index in [1.54, 1.807) is 0 Å². The van der Waals surface area contributed by atoms with E-state index < -0.39 is 0 Å². The molecule has 100 valence electrons. The van der Waals surface area contributed by atoms with Gasteiger partial charge in [-0.2, -0.15) is 0 Å². The van der Waals surface area contributed by atoms with Crippen LogP contribution in [0.25, 0.3) is 0 Å². The van der Waals surface area contributed by atoms with Crippen LogP contribution in [0.4, 0.5) is 0 Å². The molecule has 0 radical (unpaired) electrons. The van der Waals surface area contributed by atoms with Crippen LogP contribution in [0.15, 0.2) is 24.3 Å². The molecule has 0 bridgehead atoms. The van der Waals surface area contributed by atoms with Crippen LogP contribution in [0, 0.1) is 0 Å². The van der Waals surface area contributed by atoms with Gasteiger partial charge in [-0.25, -0.2) is 0 Å². The topological polar surface area (TPSA) is 15.3 Å². The molecule has 1 aliphatic heterocycles. The summed E-state index contributed by atoms with van der Waals surface area (Å²) < 4.78 is 0. The van der Waals surface area contributed by atoms with Crippen molar-refractivity contribution in [2.24, 2.45) is 0 Å². The molecule has 0 unspecified atom stereocenters. The highest BCUT2D eigenvalue weighted by Gasteiger charge is 2.35. The molecule has 0 aromatic heterocycles. The van der Waals surface area contributed by atoms with Crippen LogP contribution < -0.4 is 5.32 Å². The number of piperidine rings is 1. The van der Waals surface area contributed by atoms with Crippen molar-refractivity contribution in [1.82, 2.24) is 10.2 Å². The maximum absolute atomic E-state index is 5.99. The summed E-state index contributed by atoms with van der Waals surface area (Å²) in [7, 11) is 2.05. The molecule has 0 amide bonds. The number of nitrogens with zero attached hydrogens (tertiary/aromatic N) is 1. The number of nitrogens with one attached hydrogen (secondary N) is 1. The Labute approximate surface area is 115 Å². The monoisotopic (exact) mass is 266 g/mol. The van der Waals surface area contributed by atoms with E-state index in [2.05, 4.69) is 29.3 Å². The van der Waals surface area contributed by atoms with Crippen molar-refractivity contribution in [3.05, 3.63) is 34.9 Å². The van der Waals surface area contributed by atoms with Gasteiger partial charge >= 0.3 is 0 Å². The van der Waals surface area contributed by atoms with Crippen LogP contribution in [0.2, 0.25) is 5.02 Å². The lowest BCUT2D eigenvalue weighted by atomic mass is 9.72. The summed E-state index contributed by atoms with van der Waals surface area (Å²) in [6.07, 6.45) is 2.45. The fourth-order valence-electron chi connectivity index (χ4n) is 3.01. The Balaban J connectivity index is 2.19. The van der Waals surface area contributed by atoms with Gasteiger partial charge in [0.2, 0.25) is 0 Å². The minimum Gasteiger partial charge on any atom is -0.319 e. The fourth-order valence-corrected chi connectivity index (χ4v) is 3.13. The second-order valence-corrected chi connectivity index (χ2v) is 5.69. The van der Waals surface area contributed by atoms with Gasteiger partial charge in [0, 0.05) is 17.0 Å². The van der Waals surface area contributed by atoms with Gasteiger partial charge in [-0.05, 0) is 57.2 Å². The predicted octanol–water partition coefficient (Wildman–Crippen LogP) is 2.91. The summed E-state index contributed by atoms with van der Waals surface area (Å²) in [5.41, 5.74) is 1.71. The highest BCUT2D eigenvalue weighted by atomic mass is 35.5. The fraction of sp³-hybridized carbons (Fsp3) is 0.600. The molecule has 0 saturated carbocycles. The van der Waals surface area contributed by atoms with Crippen LogP contribution in [0.3, 0.4) is 0 Å². The van der Waals surface area contributed by atoms with Gasteiger partial charge in [-0.15, -0.1) is 0 Å². The Morgan fingerprint density at radius 3 is 2.33 bits per heavy atom. The van der Waals surface area contributed by atoms with Gasteiger partial charge in [0.25, 0.3) is 0 Å². The molecule has 2 nitrogen and oxygen atoms in total. The number of hydrogen-bond acceptors (Lipinski definition) is 2. The zero-order chi connectivity index (χ0) is 13.0. The van der Waals surface area contributed by atoms with E-state index in [9.17, 15) is 0 Å². The minimum atomic E-state index is 0.283. The lowest BCUT2D eigenvalue weighted by molar-refractivity contribution is 0.164. The number of likely N-dealkylation sites (N-methyl/N-ethyl adjacent to an activating group) is 1. The average molecular weight is 267 g/mol. The molecule has 1 N–H and O–H groups in total. The van der Waals surface area contributed by atoms with Gasteiger partial charge < -0.3 is 10.2 Å². The van der Waals surface area contributed by atoms with E-state index in [4.69, 9.17) is 11.6 Å². The quantitative estimate of drug-likeness (QED) is 0.902. The van der Waals surface area contributed by atoms with Crippen molar-refractivity contribution in [3.8, 4) is 0 Å². The van der Waals surface area contributed by atoms with E-state index in [1.807, 2.05) is 19.2 Å². The van der Waals surface area contributed by atoms with Crippen molar-refractivity contribution in [3.63, 3.8) is 0 Å². The lowest BCUT2D eigenvalue weighted by Crippen LogP contribution is -2.47. The van der Waals surface area contributed by atoms with Gasteiger partial charge in [0.05, 0.1) is 0 Å². The zero-order valence-corrected chi connectivity index (χ0v) is 12.1. The third kappa shape index (κ3) is 2.87. The highest BCUT2D eigenvalue weighted by molar-refractivity contribution is 6.30. The molecule has 0 aliphatic carbocycles. The van der Waals surface area contributed by atoms with Crippen molar-refractivity contribution in [1.29, 1.82) is 0 Å². The minimum absolute atomic E-state index is 0.283. The molecule has 1 fully saturated rings. The van der Waals surface area contributed by atoms with Crippen molar-refractivity contribution in [2.75, 3.05) is 33.2 Å². The molecule has 1 aromatic carbocycles. The second kappa shape index (κ2) is 6.05. The normalized spacial score (nSPS) is 19.9. The first-order chi connectivity index (χ1) is 8.70. The van der Waals surface area contributed by atoms with Gasteiger partial charge in [-0.1, -0.05) is 30.7 Å². The molecule has 0 spiro atoms. The van der Waals surface area contributed by atoms with Crippen LogP contribution in [-0.2, 0) is 5.41 Å². The van der Waals surface area contributed by atoms with Crippen molar-refractivity contribution in [2.45, 2.75) is 25.2 Å². The Kier molecular flexibility index (Phi) is 4.66. The SMILES string of the molecule is CCN1CCC(CNC)(c2ccc(Cl)cc2)CC1.